The Morgan fingerprint density at radius 3 is 2.30 bits per heavy atom. The van der Waals surface area contributed by atoms with E-state index in [0.717, 1.165) is 12.1 Å². The number of nitrogens with zero attached hydrogens (tertiary/aromatic N) is 3. The van der Waals surface area contributed by atoms with E-state index in [1.54, 1.807) is 10.3 Å². The van der Waals surface area contributed by atoms with E-state index in [2.05, 4.69) is 14.6 Å². The summed E-state index contributed by atoms with van der Waals surface area (Å²) < 4.78 is 78.8. The van der Waals surface area contributed by atoms with Gasteiger partial charge in [-0.15, -0.1) is 11.3 Å². The topological polar surface area (TPSA) is 45.7 Å². The van der Waals surface area contributed by atoms with Crippen molar-refractivity contribution < 1.29 is 35.9 Å². The van der Waals surface area contributed by atoms with Crippen molar-refractivity contribution in [3.63, 3.8) is 0 Å². The van der Waals surface area contributed by atoms with Crippen LogP contribution in [-0.2, 0) is 22.1 Å². The molecule has 1 aromatic carbocycles. The Bertz CT molecular complexity index is 906. The highest BCUT2D eigenvalue weighted by Crippen LogP contribution is 2.31. The fraction of sp³-hybridized carbons (Fsp3) is 0.524. The molecule has 1 amide bonds. The second kappa shape index (κ2) is 10.8. The Balaban J connectivity index is 1.41. The number of piperazine rings is 1. The van der Waals surface area contributed by atoms with E-state index in [0.29, 0.717) is 55.4 Å². The van der Waals surface area contributed by atoms with Crippen molar-refractivity contribution in [1.82, 2.24) is 14.8 Å². The van der Waals surface area contributed by atoms with E-state index in [1.165, 1.54) is 23.5 Å². The Kier molecular flexibility index (Phi) is 8.35. The summed E-state index contributed by atoms with van der Waals surface area (Å²) in [5.41, 5.74) is 0.384. The van der Waals surface area contributed by atoms with Gasteiger partial charge in [0.1, 0.15) is 11.6 Å². The summed E-state index contributed by atoms with van der Waals surface area (Å²) >= 11 is 1.27. The van der Waals surface area contributed by atoms with Crippen molar-refractivity contribution in [3.8, 4) is 10.6 Å². The van der Waals surface area contributed by atoms with Gasteiger partial charge >= 0.3 is 12.4 Å². The number of hydrogen-bond donors (Lipinski definition) is 0. The van der Waals surface area contributed by atoms with E-state index in [1.807, 2.05) is 0 Å². The molecule has 3 rings (SSSR count). The Morgan fingerprint density at radius 2 is 1.70 bits per heavy atom. The molecule has 0 aliphatic carbocycles. The second-order valence-electron chi connectivity index (χ2n) is 7.64. The van der Waals surface area contributed by atoms with Crippen molar-refractivity contribution >= 4 is 17.2 Å². The normalized spacial score (nSPS) is 15.8. The predicted octanol–water partition coefficient (Wildman–Crippen LogP) is 4.48. The van der Waals surface area contributed by atoms with E-state index in [-0.39, 0.29) is 18.9 Å². The maximum atomic E-state index is 12.7. The van der Waals surface area contributed by atoms with Gasteiger partial charge in [0, 0.05) is 50.3 Å². The number of carbonyl (C=O) groups is 1. The highest BCUT2D eigenvalue weighted by Gasteiger charge is 2.30. The number of rotatable bonds is 8. The number of hydrogen-bond acceptors (Lipinski definition) is 5. The van der Waals surface area contributed by atoms with E-state index in [9.17, 15) is 31.1 Å². The molecule has 33 heavy (non-hydrogen) atoms. The number of ether oxygens (including phenoxy) is 1. The predicted molar refractivity (Wildman–Crippen MR) is 111 cm³/mol. The van der Waals surface area contributed by atoms with Gasteiger partial charge in [0.25, 0.3) is 0 Å². The molecule has 2 aromatic rings. The molecular formula is C21H23F6N3O2S. The maximum absolute atomic E-state index is 12.7. The molecule has 0 spiro atoms. The van der Waals surface area contributed by atoms with Gasteiger partial charge in [0.05, 0.1) is 17.7 Å². The molecule has 1 fully saturated rings. The van der Waals surface area contributed by atoms with Crippen LogP contribution in [0.15, 0.2) is 29.6 Å². The van der Waals surface area contributed by atoms with Crippen LogP contribution in [0.25, 0.3) is 10.6 Å². The van der Waals surface area contributed by atoms with Crippen LogP contribution in [0.2, 0.25) is 0 Å². The Labute approximate surface area is 191 Å². The molecule has 1 saturated heterocycles. The van der Waals surface area contributed by atoms with E-state index >= 15 is 0 Å². The molecule has 1 aliphatic rings. The standard InChI is InChI=1S/C21H23F6N3O2S/c22-20(23,24)14-32-11-1-6-29-7-9-30(10-8-29)18(31)12-17-13-33-19(28-17)15-2-4-16(5-3-15)21(25,26)27/h2-5,13H,1,6-12,14H2. The Morgan fingerprint density at radius 1 is 1.03 bits per heavy atom. The molecule has 0 radical (unpaired) electrons. The van der Waals surface area contributed by atoms with Crippen LogP contribution in [0.5, 0.6) is 0 Å². The molecule has 1 aliphatic heterocycles. The average molecular weight is 495 g/mol. The fourth-order valence-electron chi connectivity index (χ4n) is 3.39. The maximum Gasteiger partial charge on any atom is 0.416 e. The minimum atomic E-state index is -4.40. The van der Waals surface area contributed by atoms with Crippen LogP contribution in [0.4, 0.5) is 26.3 Å². The van der Waals surface area contributed by atoms with Gasteiger partial charge in [-0.1, -0.05) is 12.1 Å². The molecule has 5 nitrogen and oxygen atoms in total. The van der Waals surface area contributed by atoms with Crippen LogP contribution in [0.1, 0.15) is 17.7 Å². The highest BCUT2D eigenvalue weighted by molar-refractivity contribution is 7.13. The molecule has 182 valence electrons. The lowest BCUT2D eigenvalue weighted by Gasteiger charge is -2.34. The number of amides is 1. The first kappa shape index (κ1) is 25.4. The molecule has 0 saturated carbocycles. The summed E-state index contributed by atoms with van der Waals surface area (Å²) in [5.74, 6) is -0.0903. The molecule has 1 aromatic heterocycles. The van der Waals surface area contributed by atoms with Crippen molar-refractivity contribution in [2.24, 2.45) is 0 Å². The zero-order valence-corrected chi connectivity index (χ0v) is 18.4. The van der Waals surface area contributed by atoms with Gasteiger partial charge in [-0.3, -0.25) is 9.69 Å². The lowest BCUT2D eigenvalue weighted by Crippen LogP contribution is -2.49. The third kappa shape index (κ3) is 7.97. The van der Waals surface area contributed by atoms with Crippen molar-refractivity contribution in [2.45, 2.75) is 25.2 Å². The summed E-state index contributed by atoms with van der Waals surface area (Å²) in [7, 11) is 0. The first-order valence-electron chi connectivity index (χ1n) is 10.3. The van der Waals surface area contributed by atoms with Crippen molar-refractivity contribution in [2.75, 3.05) is 45.9 Å². The zero-order valence-electron chi connectivity index (χ0n) is 17.6. The zero-order chi connectivity index (χ0) is 24.1. The highest BCUT2D eigenvalue weighted by atomic mass is 32.1. The second-order valence-corrected chi connectivity index (χ2v) is 8.50. The lowest BCUT2D eigenvalue weighted by atomic mass is 10.1. The first-order chi connectivity index (χ1) is 15.5. The van der Waals surface area contributed by atoms with Crippen LogP contribution >= 0.6 is 11.3 Å². The number of alkyl halides is 6. The van der Waals surface area contributed by atoms with Gasteiger partial charge in [-0.05, 0) is 18.6 Å². The quantitative estimate of drug-likeness (QED) is 0.400. The van der Waals surface area contributed by atoms with Crippen LogP contribution in [-0.4, -0.2) is 72.8 Å². The largest absolute Gasteiger partial charge is 0.416 e. The summed E-state index contributed by atoms with van der Waals surface area (Å²) in [6.45, 7) is 1.66. The summed E-state index contributed by atoms with van der Waals surface area (Å²) in [5, 5.41) is 2.27. The average Bonchev–Trinajstić information content (AvgIpc) is 3.21. The van der Waals surface area contributed by atoms with Crippen molar-refractivity contribution in [1.29, 1.82) is 0 Å². The fourth-order valence-corrected chi connectivity index (χ4v) is 4.21. The number of halogens is 6. The van der Waals surface area contributed by atoms with Gasteiger partial charge in [0.2, 0.25) is 5.91 Å². The van der Waals surface area contributed by atoms with E-state index < -0.39 is 24.5 Å². The van der Waals surface area contributed by atoms with Crippen LogP contribution < -0.4 is 0 Å². The number of carbonyl (C=O) groups excluding carboxylic acids is 1. The third-order valence-corrected chi connectivity index (χ3v) is 6.04. The summed E-state index contributed by atoms with van der Waals surface area (Å²) in [4.78, 5) is 20.8. The van der Waals surface area contributed by atoms with Gasteiger partial charge in [-0.2, -0.15) is 26.3 Å². The monoisotopic (exact) mass is 495 g/mol. The van der Waals surface area contributed by atoms with Crippen LogP contribution in [0.3, 0.4) is 0 Å². The van der Waals surface area contributed by atoms with Crippen LogP contribution in [0, 0.1) is 0 Å². The molecule has 0 bridgehead atoms. The van der Waals surface area contributed by atoms with E-state index in [4.69, 9.17) is 0 Å². The first-order valence-corrected chi connectivity index (χ1v) is 11.2. The molecule has 0 N–H and O–H groups in total. The summed E-state index contributed by atoms with van der Waals surface area (Å²) in [6, 6.07) is 4.73. The summed E-state index contributed by atoms with van der Waals surface area (Å²) in [6.07, 6.45) is -8.14. The smallest absolute Gasteiger partial charge is 0.372 e. The van der Waals surface area contributed by atoms with Gasteiger partial charge in [0.15, 0.2) is 0 Å². The molecular weight excluding hydrogens is 472 g/mol. The minimum Gasteiger partial charge on any atom is -0.372 e. The SMILES string of the molecule is O=C(Cc1csc(-c2ccc(C(F)(F)F)cc2)n1)N1CCN(CCCOCC(F)(F)F)CC1. The number of thiazole rings is 1. The number of aromatic nitrogens is 1. The van der Waals surface area contributed by atoms with Crippen molar-refractivity contribution in [3.05, 3.63) is 40.9 Å². The number of benzene rings is 1. The molecule has 2 heterocycles. The van der Waals surface area contributed by atoms with Gasteiger partial charge in [-0.25, -0.2) is 4.98 Å². The minimum absolute atomic E-state index is 0.0315. The lowest BCUT2D eigenvalue weighted by molar-refractivity contribution is -0.174. The van der Waals surface area contributed by atoms with Gasteiger partial charge < -0.3 is 9.64 Å². The Hall–Kier alpha value is -2.18. The molecule has 0 atom stereocenters. The third-order valence-electron chi connectivity index (χ3n) is 5.10. The molecule has 0 unspecified atom stereocenters. The molecule has 12 heteroatoms.